The minimum absolute atomic E-state index is 0.716. The van der Waals surface area contributed by atoms with E-state index in [1.54, 1.807) is 0 Å². The summed E-state index contributed by atoms with van der Waals surface area (Å²) in [5.41, 5.74) is 1.02. The molecule has 0 aliphatic heterocycles. The molecule has 1 nitrogen and oxygen atoms in total. The first kappa shape index (κ1) is 8.74. The molecule has 0 saturated heterocycles. The van der Waals surface area contributed by atoms with Gasteiger partial charge in [-0.05, 0) is 42.6 Å². The topological polar surface area (TPSA) is 17.1 Å². The van der Waals surface area contributed by atoms with Crippen LogP contribution >= 0.6 is 0 Å². The van der Waals surface area contributed by atoms with Crippen molar-refractivity contribution in [3.05, 3.63) is 23.8 Å². The number of hydrogen-bond acceptors (Lipinski definition) is 1. The first-order valence-electron chi connectivity index (χ1n) is 5.17. The highest BCUT2D eigenvalue weighted by molar-refractivity contribution is 5.73. The summed E-state index contributed by atoms with van der Waals surface area (Å²) in [6.45, 7) is 2.23. The van der Waals surface area contributed by atoms with Gasteiger partial charge in [-0.2, -0.15) is 0 Å². The molecule has 2 rings (SSSR count). The summed E-state index contributed by atoms with van der Waals surface area (Å²) in [6.07, 6.45) is 11.1. The predicted octanol–water partition coefficient (Wildman–Crippen LogP) is 2.73. The quantitative estimate of drug-likeness (QED) is 0.467. The van der Waals surface area contributed by atoms with E-state index in [1.807, 2.05) is 0 Å². The van der Waals surface area contributed by atoms with Crippen molar-refractivity contribution < 1.29 is 4.79 Å². The Morgan fingerprint density at radius 3 is 3.08 bits per heavy atom. The van der Waals surface area contributed by atoms with E-state index in [0.717, 1.165) is 30.6 Å². The molecule has 3 atom stereocenters. The highest BCUT2D eigenvalue weighted by Gasteiger charge is 2.32. The molecule has 2 aliphatic rings. The predicted molar refractivity (Wildman–Crippen MR) is 53.3 cm³/mol. The summed E-state index contributed by atoms with van der Waals surface area (Å²) >= 11 is 0. The second kappa shape index (κ2) is 3.49. The molecule has 70 valence electrons. The molecule has 13 heavy (non-hydrogen) atoms. The van der Waals surface area contributed by atoms with E-state index in [4.69, 9.17) is 0 Å². The molecule has 0 amide bonds. The van der Waals surface area contributed by atoms with Crippen LogP contribution in [0.4, 0.5) is 0 Å². The van der Waals surface area contributed by atoms with E-state index >= 15 is 0 Å². The van der Waals surface area contributed by atoms with Gasteiger partial charge in [0, 0.05) is 0 Å². The Morgan fingerprint density at radius 1 is 1.54 bits per heavy atom. The van der Waals surface area contributed by atoms with Crippen LogP contribution in [0.15, 0.2) is 23.8 Å². The number of fused-ring (bicyclic) bond motifs is 1. The Morgan fingerprint density at radius 2 is 2.38 bits per heavy atom. The third-order valence-electron chi connectivity index (χ3n) is 3.45. The molecular weight excluding hydrogens is 160 g/mol. The Kier molecular flexibility index (Phi) is 2.34. The van der Waals surface area contributed by atoms with E-state index < -0.39 is 0 Å². The van der Waals surface area contributed by atoms with E-state index in [0.29, 0.717) is 11.8 Å². The second-order valence-electron chi connectivity index (χ2n) is 4.12. The fourth-order valence-electron chi connectivity index (χ4n) is 2.62. The Labute approximate surface area is 79.5 Å². The normalized spacial score (nSPS) is 37.0. The number of allylic oxidation sites excluding steroid dienone is 4. The summed E-state index contributed by atoms with van der Waals surface area (Å²) in [4.78, 5) is 10.7. The largest absolute Gasteiger partial charge is 0.298 e. The number of hydrogen-bond donors (Lipinski definition) is 0. The fraction of sp³-hybridized carbons (Fsp3) is 0.583. The molecule has 0 aromatic rings. The molecule has 0 saturated carbocycles. The van der Waals surface area contributed by atoms with Crippen molar-refractivity contribution in [2.45, 2.75) is 26.2 Å². The van der Waals surface area contributed by atoms with Gasteiger partial charge in [-0.3, -0.25) is 4.79 Å². The first-order valence-corrected chi connectivity index (χ1v) is 5.17. The molecule has 0 bridgehead atoms. The summed E-state index contributed by atoms with van der Waals surface area (Å²) < 4.78 is 0. The highest BCUT2D eigenvalue weighted by atomic mass is 16.1. The minimum Gasteiger partial charge on any atom is -0.298 e. The molecule has 0 aromatic heterocycles. The highest BCUT2D eigenvalue weighted by Crippen LogP contribution is 2.41. The van der Waals surface area contributed by atoms with Crippen LogP contribution in [0.1, 0.15) is 26.2 Å². The van der Waals surface area contributed by atoms with Crippen LogP contribution in [-0.2, 0) is 4.79 Å². The van der Waals surface area contributed by atoms with Crippen molar-refractivity contribution in [2.24, 2.45) is 17.8 Å². The lowest BCUT2D eigenvalue weighted by molar-refractivity contribution is -0.105. The molecule has 0 N–H and O–H groups in total. The van der Waals surface area contributed by atoms with Crippen LogP contribution in [-0.4, -0.2) is 6.29 Å². The summed E-state index contributed by atoms with van der Waals surface area (Å²) in [5.74, 6) is 2.15. The van der Waals surface area contributed by atoms with Gasteiger partial charge in [-0.15, -0.1) is 0 Å². The molecule has 0 radical (unpaired) electrons. The SMILES string of the molecule is CCC1C=CC2CC=C(C=O)CC12. The van der Waals surface area contributed by atoms with Gasteiger partial charge in [-0.25, -0.2) is 0 Å². The number of aldehydes is 1. The molecular formula is C12H16O. The van der Waals surface area contributed by atoms with E-state index in [1.165, 1.54) is 6.42 Å². The monoisotopic (exact) mass is 176 g/mol. The van der Waals surface area contributed by atoms with Crippen LogP contribution in [0.5, 0.6) is 0 Å². The first-order chi connectivity index (χ1) is 6.35. The molecule has 1 heteroatoms. The third-order valence-corrected chi connectivity index (χ3v) is 3.45. The average Bonchev–Trinajstić information content (AvgIpc) is 2.59. The van der Waals surface area contributed by atoms with Crippen LogP contribution in [0.25, 0.3) is 0 Å². The van der Waals surface area contributed by atoms with Gasteiger partial charge < -0.3 is 0 Å². The number of rotatable bonds is 2. The van der Waals surface area contributed by atoms with Crippen LogP contribution in [0.2, 0.25) is 0 Å². The molecule has 0 fully saturated rings. The third kappa shape index (κ3) is 1.48. The van der Waals surface area contributed by atoms with Crippen molar-refractivity contribution in [3.63, 3.8) is 0 Å². The Hall–Kier alpha value is -0.850. The molecule has 2 aliphatic carbocycles. The van der Waals surface area contributed by atoms with Gasteiger partial charge in [0.1, 0.15) is 6.29 Å². The smallest absolute Gasteiger partial charge is 0.145 e. The Bertz CT molecular complexity index is 262. The summed E-state index contributed by atoms with van der Waals surface area (Å²) in [5, 5.41) is 0. The average molecular weight is 176 g/mol. The number of carbonyl (C=O) groups excluding carboxylic acids is 1. The van der Waals surface area contributed by atoms with Gasteiger partial charge in [0.15, 0.2) is 0 Å². The van der Waals surface area contributed by atoms with Crippen LogP contribution in [0.3, 0.4) is 0 Å². The van der Waals surface area contributed by atoms with Crippen molar-refractivity contribution in [2.75, 3.05) is 0 Å². The fourth-order valence-corrected chi connectivity index (χ4v) is 2.62. The standard InChI is InChI=1S/C12H16O/c1-2-10-5-6-11-4-3-9(8-13)7-12(10)11/h3,5-6,8,10-12H,2,4,7H2,1H3. The van der Waals surface area contributed by atoms with E-state index in [-0.39, 0.29) is 0 Å². The second-order valence-corrected chi connectivity index (χ2v) is 4.12. The molecule has 0 spiro atoms. The van der Waals surface area contributed by atoms with Crippen LogP contribution < -0.4 is 0 Å². The molecule has 3 unspecified atom stereocenters. The molecule has 0 heterocycles. The van der Waals surface area contributed by atoms with Crippen molar-refractivity contribution in [1.82, 2.24) is 0 Å². The van der Waals surface area contributed by atoms with Gasteiger partial charge in [0.25, 0.3) is 0 Å². The summed E-state index contributed by atoms with van der Waals surface area (Å²) in [6, 6.07) is 0. The maximum Gasteiger partial charge on any atom is 0.145 e. The minimum atomic E-state index is 0.716. The van der Waals surface area contributed by atoms with Gasteiger partial charge in [0.05, 0.1) is 0 Å². The Balaban J connectivity index is 2.12. The van der Waals surface area contributed by atoms with Gasteiger partial charge >= 0.3 is 0 Å². The lowest BCUT2D eigenvalue weighted by atomic mass is 9.77. The van der Waals surface area contributed by atoms with Crippen LogP contribution in [0, 0.1) is 17.8 Å². The lowest BCUT2D eigenvalue weighted by Crippen LogP contribution is -2.19. The zero-order chi connectivity index (χ0) is 9.26. The summed E-state index contributed by atoms with van der Waals surface area (Å²) in [7, 11) is 0. The van der Waals surface area contributed by atoms with Crippen molar-refractivity contribution in [1.29, 1.82) is 0 Å². The zero-order valence-electron chi connectivity index (χ0n) is 8.07. The maximum absolute atomic E-state index is 10.7. The van der Waals surface area contributed by atoms with E-state index in [9.17, 15) is 4.79 Å². The lowest BCUT2D eigenvalue weighted by Gasteiger charge is -2.27. The maximum atomic E-state index is 10.7. The zero-order valence-corrected chi connectivity index (χ0v) is 8.07. The van der Waals surface area contributed by atoms with Crippen molar-refractivity contribution >= 4 is 6.29 Å². The molecule has 0 aromatic carbocycles. The van der Waals surface area contributed by atoms with E-state index in [2.05, 4.69) is 25.2 Å². The number of carbonyl (C=O) groups is 1. The van der Waals surface area contributed by atoms with Gasteiger partial charge in [0.2, 0.25) is 0 Å². The van der Waals surface area contributed by atoms with Gasteiger partial charge in [-0.1, -0.05) is 25.2 Å². The van der Waals surface area contributed by atoms with Crippen molar-refractivity contribution in [3.8, 4) is 0 Å².